The molecule has 0 heterocycles. The maximum absolute atomic E-state index is 10.8. The highest BCUT2D eigenvalue weighted by Gasteiger charge is 1.97. The van der Waals surface area contributed by atoms with Gasteiger partial charge in [-0.15, -0.1) is 0 Å². The van der Waals surface area contributed by atoms with Crippen molar-refractivity contribution < 1.29 is 9.53 Å². The van der Waals surface area contributed by atoms with Gasteiger partial charge in [0.2, 0.25) is 0 Å². The molecule has 0 bridgehead atoms. The SMILES string of the molecule is [CH2]CCCCCCCCCCCCCC[CH]OC(=O)C=C. The molecule has 0 aromatic carbocycles. The zero-order valence-electron chi connectivity index (χ0n) is 13.8. The van der Waals surface area contributed by atoms with Gasteiger partial charge in [-0.1, -0.05) is 90.6 Å². The van der Waals surface area contributed by atoms with Crippen LogP contribution in [0.5, 0.6) is 0 Å². The smallest absolute Gasteiger partial charge is 0.330 e. The van der Waals surface area contributed by atoms with Crippen molar-refractivity contribution in [1.29, 1.82) is 0 Å². The van der Waals surface area contributed by atoms with E-state index in [1.165, 1.54) is 76.7 Å². The second-order valence-corrected chi connectivity index (χ2v) is 5.69. The highest BCUT2D eigenvalue weighted by molar-refractivity contribution is 5.81. The predicted octanol–water partition coefficient (Wildman–Crippen LogP) is 6.17. The number of hydrogen-bond acceptors (Lipinski definition) is 2. The van der Waals surface area contributed by atoms with Crippen molar-refractivity contribution in [2.75, 3.05) is 0 Å². The Morgan fingerprint density at radius 1 is 0.762 bits per heavy atom. The van der Waals surface area contributed by atoms with Crippen LogP contribution < -0.4 is 0 Å². The van der Waals surface area contributed by atoms with E-state index in [4.69, 9.17) is 4.74 Å². The average molecular weight is 294 g/mol. The standard InChI is InChI=1S/C19H34O2/c1-3-5-6-7-8-9-10-11-12-13-14-15-16-17-18-21-19(20)4-2/h4,18H,1-3,5-17H2. The average Bonchev–Trinajstić information content (AvgIpc) is 2.50. The van der Waals surface area contributed by atoms with Crippen LogP contribution in [0.2, 0.25) is 0 Å². The molecule has 0 saturated carbocycles. The summed E-state index contributed by atoms with van der Waals surface area (Å²) < 4.78 is 4.81. The van der Waals surface area contributed by atoms with Gasteiger partial charge in [-0.2, -0.15) is 0 Å². The van der Waals surface area contributed by atoms with Gasteiger partial charge in [-0.05, 0) is 12.8 Å². The van der Waals surface area contributed by atoms with E-state index in [0.717, 1.165) is 19.3 Å². The Labute approximate surface area is 132 Å². The Hall–Kier alpha value is -0.790. The molecule has 0 aromatic heterocycles. The van der Waals surface area contributed by atoms with Crippen LogP contribution in [0.3, 0.4) is 0 Å². The third-order valence-electron chi connectivity index (χ3n) is 3.69. The summed E-state index contributed by atoms with van der Waals surface area (Å²) in [6.07, 6.45) is 19.1. The van der Waals surface area contributed by atoms with Crippen LogP contribution in [-0.2, 0) is 9.53 Å². The minimum atomic E-state index is -0.360. The van der Waals surface area contributed by atoms with Crippen LogP contribution in [0.1, 0.15) is 89.9 Å². The summed E-state index contributed by atoms with van der Waals surface area (Å²) in [7, 11) is 0. The molecular weight excluding hydrogens is 260 g/mol. The van der Waals surface area contributed by atoms with Crippen molar-refractivity contribution >= 4 is 5.97 Å². The molecule has 2 nitrogen and oxygen atoms in total. The molecule has 2 heteroatoms. The van der Waals surface area contributed by atoms with E-state index in [0.29, 0.717) is 0 Å². The summed E-state index contributed by atoms with van der Waals surface area (Å²) in [5.74, 6) is -0.360. The third kappa shape index (κ3) is 17.2. The van der Waals surface area contributed by atoms with Gasteiger partial charge in [-0.3, -0.25) is 0 Å². The maximum atomic E-state index is 10.8. The minimum absolute atomic E-state index is 0.360. The van der Waals surface area contributed by atoms with Crippen LogP contribution in [0.15, 0.2) is 12.7 Å². The van der Waals surface area contributed by atoms with Gasteiger partial charge in [0.1, 0.15) is 6.61 Å². The van der Waals surface area contributed by atoms with E-state index >= 15 is 0 Å². The highest BCUT2D eigenvalue weighted by atomic mass is 16.5. The van der Waals surface area contributed by atoms with Crippen molar-refractivity contribution in [2.24, 2.45) is 0 Å². The van der Waals surface area contributed by atoms with Gasteiger partial charge >= 0.3 is 5.97 Å². The van der Waals surface area contributed by atoms with Crippen molar-refractivity contribution in [3.8, 4) is 0 Å². The van der Waals surface area contributed by atoms with Crippen molar-refractivity contribution in [3.05, 3.63) is 26.2 Å². The molecule has 0 aromatic rings. The van der Waals surface area contributed by atoms with Gasteiger partial charge in [0.25, 0.3) is 0 Å². The fourth-order valence-electron chi connectivity index (χ4n) is 2.36. The van der Waals surface area contributed by atoms with Crippen molar-refractivity contribution in [1.82, 2.24) is 0 Å². The first-order valence-corrected chi connectivity index (χ1v) is 8.75. The predicted molar refractivity (Wildman–Crippen MR) is 90.6 cm³/mol. The van der Waals surface area contributed by atoms with Crippen molar-refractivity contribution in [2.45, 2.75) is 89.9 Å². The maximum Gasteiger partial charge on any atom is 0.330 e. The van der Waals surface area contributed by atoms with E-state index in [1.54, 1.807) is 6.61 Å². The lowest BCUT2D eigenvalue weighted by atomic mass is 10.0. The first-order chi connectivity index (χ1) is 10.3. The number of hydrogen-bond donors (Lipinski definition) is 0. The van der Waals surface area contributed by atoms with Gasteiger partial charge in [-0.25, -0.2) is 4.79 Å². The summed E-state index contributed by atoms with van der Waals surface area (Å²) in [5, 5.41) is 0. The summed E-state index contributed by atoms with van der Waals surface area (Å²) in [5.41, 5.74) is 0. The Morgan fingerprint density at radius 2 is 1.19 bits per heavy atom. The summed E-state index contributed by atoms with van der Waals surface area (Å²) >= 11 is 0. The molecule has 0 amide bonds. The molecule has 0 unspecified atom stereocenters. The quantitative estimate of drug-likeness (QED) is 0.193. The van der Waals surface area contributed by atoms with Crippen LogP contribution >= 0.6 is 0 Å². The summed E-state index contributed by atoms with van der Waals surface area (Å²) in [6, 6.07) is 0. The number of carbonyl (C=O) groups is 1. The first kappa shape index (κ1) is 20.2. The van der Waals surface area contributed by atoms with E-state index < -0.39 is 0 Å². The number of carbonyl (C=O) groups excluding carboxylic acids is 1. The first-order valence-electron chi connectivity index (χ1n) is 8.75. The molecule has 0 aliphatic rings. The lowest BCUT2D eigenvalue weighted by molar-refractivity contribution is -0.134. The lowest BCUT2D eigenvalue weighted by Gasteiger charge is -2.03. The number of ether oxygens (including phenoxy) is 1. The number of rotatable bonds is 16. The topological polar surface area (TPSA) is 26.3 Å². The Bertz CT molecular complexity index is 236. The van der Waals surface area contributed by atoms with Crippen LogP contribution in [0, 0.1) is 13.5 Å². The summed E-state index contributed by atoms with van der Waals surface area (Å²) in [6.45, 7) is 8.82. The molecule has 0 aliphatic carbocycles. The molecule has 122 valence electrons. The molecule has 0 N–H and O–H groups in total. The van der Waals surface area contributed by atoms with Gasteiger partial charge in [0.05, 0.1) is 0 Å². The van der Waals surface area contributed by atoms with Crippen LogP contribution in [0.25, 0.3) is 0 Å². The monoisotopic (exact) mass is 294 g/mol. The van der Waals surface area contributed by atoms with Gasteiger partial charge < -0.3 is 4.74 Å². The fraction of sp³-hybridized carbons (Fsp3) is 0.737. The molecule has 0 saturated heterocycles. The van der Waals surface area contributed by atoms with Gasteiger partial charge in [0.15, 0.2) is 0 Å². The van der Waals surface area contributed by atoms with Crippen LogP contribution in [-0.4, -0.2) is 5.97 Å². The molecule has 0 spiro atoms. The Balaban J connectivity index is 2.99. The third-order valence-corrected chi connectivity index (χ3v) is 3.69. The second-order valence-electron chi connectivity index (χ2n) is 5.69. The zero-order valence-corrected chi connectivity index (χ0v) is 13.8. The minimum Gasteiger partial charge on any atom is -0.455 e. The molecule has 21 heavy (non-hydrogen) atoms. The lowest BCUT2D eigenvalue weighted by Crippen LogP contribution is -1.96. The molecular formula is C19H34O2. The highest BCUT2D eigenvalue weighted by Crippen LogP contribution is 2.13. The fourth-order valence-corrected chi connectivity index (χ4v) is 2.36. The summed E-state index contributed by atoms with van der Waals surface area (Å²) in [4.78, 5) is 10.8. The van der Waals surface area contributed by atoms with Gasteiger partial charge in [0, 0.05) is 6.08 Å². The van der Waals surface area contributed by atoms with Crippen LogP contribution in [0.4, 0.5) is 0 Å². The zero-order chi connectivity index (χ0) is 15.6. The molecule has 2 radical (unpaired) electrons. The number of esters is 1. The Kier molecular flexibility index (Phi) is 16.6. The molecule has 0 fully saturated rings. The number of unbranched alkanes of at least 4 members (excludes halogenated alkanes) is 13. The second kappa shape index (κ2) is 17.3. The van der Waals surface area contributed by atoms with Crippen molar-refractivity contribution in [3.63, 3.8) is 0 Å². The molecule has 0 rings (SSSR count). The largest absolute Gasteiger partial charge is 0.455 e. The normalized spacial score (nSPS) is 10.5. The molecule has 0 atom stereocenters. The van der Waals surface area contributed by atoms with E-state index in [1.807, 2.05) is 0 Å². The van der Waals surface area contributed by atoms with E-state index in [9.17, 15) is 4.79 Å². The van der Waals surface area contributed by atoms with E-state index in [2.05, 4.69) is 13.5 Å². The Morgan fingerprint density at radius 3 is 1.62 bits per heavy atom. The van der Waals surface area contributed by atoms with E-state index in [-0.39, 0.29) is 5.97 Å². The molecule has 0 aliphatic heterocycles.